The molecule has 0 amide bonds. The lowest BCUT2D eigenvalue weighted by Crippen LogP contribution is -2.40. The number of hydrogen-bond acceptors (Lipinski definition) is 3. The quantitative estimate of drug-likeness (QED) is 0.815. The van der Waals surface area contributed by atoms with Crippen LogP contribution in [0.5, 0.6) is 5.75 Å². The molecule has 1 atom stereocenters. The molecule has 1 aromatic rings. The summed E-state index contributed by atoms with van der Waals surface area (Å²) in [5.74, 6) is 1.03. The summed E-state index contributed by atoms with van der Waals surface area (Å²) in [5.41, 5.74) is 2.55. The summed E-state index contributed by atoms with van der Waals surface area (Å²) >= 11 is 0. The van der Waals surface area contributed by atoms with Crippen LogP contribution in [0.4, 0.5) is 0 Å². The molecule has 1 heterocycles. The van der Waals surface area contributed by atoms with E-state index in [4.69, 9.17) is 4.74 Å². The SMILES string of the molecule is Cc1ccc2c(c1)CN[C@@H](CN(C)C)CO2. The van der Waals surface area contributed by atoms with Gasteiger partial charge < -0.3 is 15.0 Å². The molecule has 1 N–H and O–H groups in total. The van der Waals surface area contributed by atoms with Gasteiger partial charge in [-0.3, -0.25) is 0 Å². The number of rotatable bonds is 2. The van der Waals surface area contributed by atoms with Gasteiger partial charge in [0.2, 0.25) is 0 Å². The number of likely N-dealkylation sites (N-methyl/N-ethyl adjacent to an activating group) is 1. The van der Waals surface area contributed by atoms with Gasteiger partial charge in [-0.2, -0.15) is 0 Å². The van der Waals surface area contributed by atoms with Crippen LogP contribution < -0.4 is 10.1 Å². The van der Waals surface area contributed by atoms with Crippen LogP contribution in [-0.2, 0) is 6.54 Å². The molecule has 0 spiro atoms. The molecule has 88 valence electrons. The predicted molar refractivity (Wildman–Crippen MR) is 65.9 cm³/mol. The summed E-state index contributed by atoms with van der Waals surface area (Å²) in [5, 5.41) is 3.53. The Kier molecular flexibility index (Phi) is 3.46. The van der Waals surface area contributed by atoms with E-state index >= 15 is 0 Å². The first-order chi connectivity index (χ1) is 7.65. The van der Waals surface area contributed by atoms with Gasteiger partial charge in [0.25, 0.3) is 0 Å². The molecule has 1 aliphatic rings. The number of hydrogen-bond donors (Lipinski definition) is 1. The monoisotopic (exact) mass is 220 g/mol. The Labute approximate surface area is 97.4 Å². The number of aryl methyl sites for hydroxylation is 1. The third-order valence-corrected chi connectivity index (χ3v) is 2.82. The zero-order valence-electron chi connectivity index (χ0n) is 10.3. The van der Waals surface area contributed by atoms with E-state index in [1.54, 1.807) is 0 Å². The van der Waals surface area contributed by atoms with Crippen molar-refractivity contribution in [2.24, 2.45) is 0 Å². The fourth-order valence-corrected chi connectivity index (χ4v) is 2.05. The molecule has 3 nitrogen and oxygen atoms in total. The van der Waals surface area contributed by atoms with Crippen molar-refractivity contribution in [1.29, 1.82) is 0 Å². The number of nitrogens with zero attached hydrogens (tertiary/aromatic N) is 1. The smallest absolute Gasteiger partial charge is 0.123 e. The molecule has 0 bridgehead atoms. The molecule has 0 aliphatic carbocycles. The van der Waals surface area contributed by atoms with E-state index < -0.39 is 0 Å². The Morgan fingerprint density at radius 2 is 2.25 bits per heavy atom. The second-order valence-corrected chi connectivity index (χ2v) is 4.76. The van der Waals surface area contributed by atoms with Crippen LogP contribution in [0.1, 0.15) is 11.1 Å². The molecule has 16 heavy (non-hydrogen) atoms. The number of benzene rings is 1. The van der Waals surface area contributed by atoms with Gasteiger partial charge in [-0.05, 0) is 27.1 Å². The van der Waals surface area contributed by atoms with Crippen LogP contribution in [0.3, 0.4) is 0 Å². The van der Waals surface area contributed by atoms with Crippen LogP contribution in [0.15, 0.2) is 18.2 Å². The van der Waals surface area contributed by atoms with Crippen LogP contribution in [0.25, 0.3) is 0 Å². The molecule has 0 radical (unpaired) electrons. The van der Waals surface area contributed by atoms with Gasteiger partial charge in [0.1, 0.15) is 12.4 Å². The lowest BCUT2D eigenvalue weighted by atomic mass is 10.1. The van der Waals surface area contributed by atoms with Gasteiger partial charge in [-0.15, -0.1) is 0 Å². The number of ether oxygens (including phenoxy) is 1. The zero-order valence-corrected chi connectivity index (χ0v) is 10.3. The Balaban J connectivity index is 2.07. The van der Waals surface area contributed by atoms with Crippen LogP contribution in [0.2, 0.25) is 0 Å². The van der Waals surface area contributed by atoms with E-state index in [0.29, 0.717) is 6.04 Å². The maximum absolute atomic E-state index is 5.83. The topological polar surface area (TPSA) is 24.5 Å². The highest BCUT2D eigenvalue weighted by Gasteiger charge is 2.16. The number of fused-ring (bicyclic) bond motifs is 1. The molecular formula is C13H20N2O. The first kappa shape index (κ1) is 11.4. The lowest BCUT2D eigenvalue weighted by Gasteiger charge is -2.19. The molecular weight excluding hydrogens is 200 g/mol. The Hall–Kier alpha value is -1.06. The highest BCUT2D eigenvalue weighted by molar-refractivity contribution is 5.37. The molecule has 0 saturated carbocycles. The van der Waals surface area contributed by atoms with Crippen molar-refractivity contribution >= 4 is 0 Å². The van der Waals surface area contributed by atoms with E-state index in [9.17, 15) is 0 Å². The standard InChI is InChI=1S/C13H20N2O/c1-10-4-5-13-11(6-10)7-14-12(9-16-13)8-15(2)3/h4-6,12,14H,7-9H2,1-3H3/t12-/m0/s1. The first-order valence-electron chi connectivity index (χ1n) is 5.75. The average Bonchev–Trinajstić information content (AvgIpc) is 2.40. The lowest BCUT2D eigenvalue weighted by molar-refractivity contribution is 0.240. The van der Waals surface area contributed by atoms with Crippen molar-refractivity contribution in [3.63, 3.8) is 0 Å². The van der Waals surface area contributed by atoms with Crippen molar-refractivity contribution in [2.75, 3.05) is 27.2 Å². The van der Waals surface area contributed by atoms with Gasteiger partial charge in [0.05, 0.1) is 6.04 Å². The molecule has 0 saturated heterocycles. The molecule has 2 rings (SSSR count). The minimum atomic E-state index is 0.405. The third-order valence-electron chi connectivity index (χ3n) is 2.82. The molecule has 0 fully saturated rings. The van der Waals surface area contributed by atoms with Crippen LogP contribution in [-0.4, -0.2) is 38.2 Å². The maximum atomic E-state index is 5.83. The van der Waals surface area contributed by atoms with E-state index in [1.165, 1.54) is 11.1 Å². The second kappa shape index (κ2) is 4.85. The summed E-state index contributed by atoms with van der Waals surface area (Å²) in [6.07, 6.45) is 0. The van der Waals surface area contributed by atoms with Gasteiger partial charge in [-0.1, -0.05) is 17.7 Å². The molecule has 1 aromatic carbocycles. The third kappa shape index (κ3) is 2.74. The normalized spacial score (nSPS) is 20.1. The summed E-state index contributed by atoms with van der Waals surface area (Å²) in [6, 6.07) is 6.78. The minimum absolute atomic E-state index is 0.405. The Morgan fingerprint density at radius 1 is 1.44 bits per heavy atom. The van der Waals surface area contributed by atoms with Crippen LogP contribution >= 0.6 is 0 Å². The van der Waals surface area contributed by atoms with Crippen LogP contribution in [0, 0.1) is 6.92 Å². The average molecular weight is 220 g/mol. The van der Waals surface area contributed by atoms with Crippen molar-refractivity contribution in [3.8, 4) is 5.75 Å². The van der Waals surface area contributed by atoms with Crippen molar-refractivity contribution in [2.45, 2.75) is 19.5 Å². The van der Waals surface area contributed by atoms with E-state index in [2.05, 4.69) is 49.4 Å². The second-order valence-electron chi connectivity index (χ2n) is 4.76. The van der Waals surface area contributed by atoms with E-state index in [1.807, 2.05) is 0 Å². The highest BCUT2D eigenvalue weighted by Crippen LogP contribution is 2.22. The maximum Gasteiger partial charge on any atom is 0.123 e. The van der Waals surface area contributed by atoms with Gasteiger partial charge >= 0.3 is 0 Å². The Morgan fingerprint density at radius 3 is 3.00 bits per heavy atom. The fourth-order valence-electron chi connectivity index (χ4n) is 2.05. The molecule has 1 aliphatic heterocycles. The Bertz CT molecular complexity index is 363. The van der Waals surface area contributed by atoms with Crippen molar-refractivity contribution < 1.29 is 4.74 Å². The molecule has 0 aromatic heterocycles. The largest absolute Gasteiger partial charge is 0.492 e. The summed E-state index contributed by atoms with van der Waals surface area (Å²) < 4.78 is 5.83. The van der Waals surface area contributed by atoms with E-state index in [0.717, 1.165) is 25.4 Å². The summed E-state index contributed by atoms with van der Waals surface area (Å²) in [7, 11) is 4.17. The predicted octanol–water partition coefficient (Wildman–Crippen LogP) is 1.41. The highest BCUT2D eigenvalue weighted by atomic mass is 16.5. The first-order valence-corrected chi connectivity index (χ1v) is 5.75. The number of nitrogens with one attached hydrogen (secondary N) is 1. The minimum Gasteiger partial charge on any atom is -0.492 e. The van der Waals surface area contributed by atoms with Crippen molar-refractivity contribution in [3.05, 3.63) is 29.3 Å². The van der Waals surface area contributed by atoms with E-state index in [-0.39, 0.29) is 0 Å². The molecule has 3 heteroatoms. The summed E-state index contributed by atoms with van der Waals surface area (Å²) in [4.78, 5) is 2.18. The van der Waals surface area contributed by atoms with Gasteiger partial charge in [0, 0.05) is 18.7 Å². The zero-order chi connectivity index (χ0) is 11.5. The van der Waals surface area contributed by atoms with Gasteiger partial charge in [-0.25, -0.2) is 0 Å². The van der Waals surface area contributed by atoms with Crippen molar-refractivity contribution in [1.82, 2.24) is 10.2 Å². The van der Waals surface area contributed by atoms with Gasteiger partial charge in [0.15, 0.2) is 0 Å². The molecule has 0 unspecified atom stereocenters. The summed E-state index contributed by atoms with van der Waals surface area (Å²) in [6.45, 7) is 4.76. The fraction of sp³-hybridized carbons (Fsp3) is 0.538.